The molecular formula is C6H14ClF2NO2. The number of halogens is 3. The van der Waals surface area contributed by atoms with E-state index >= 15 is 0 Å². The first kappa shape index (κ1) is 14.5. The van der Waals surface area contributed by atoms with Crippen LogP contribution in [0.1, 0.15) is 6.42 Å². The van der Waals surface area contributed by atoms with Crippen LogP contribution < -0.4 is 5.73 Å². The summed E-state index contributed by atoms with van der Waals surface area (Å²) in [6.45, 7) is 0. The van der Waals surface area contributed by atoms with Gasteiger partial charge in [-0.25, -0.2) is 8.78 Å². The first-order valence-electron chi connectivity index (χ1n) is 3.21. The molecule has 0 saturated carbocycles. The Bertz CT molecular complexity index is 104. The quantitative estimate of drug-likeness (QED) is 0.682. The van der Waals surface area contributed by atoms with Crippen LogP contribution in [0.15, 0.2) is 0 Å². The highest BCUT2D eigenvalue weighted by Crippen LogP contribution is 2.07. The molecule has 6 heteroatoms. The molecule has 1 unspecified atom stereocenters. The standard InChI is InChI=1S/C6H13F2NO2.ClH/c1-10-6(11-2)4(9)3-5(7)8;/h4-6H,3,9H2,1-2H3;1H. The zero-order valence-corrected chi connectivity index (χ0v) is 7.81. The lowest BCUT2D eigenvalue weighted by Gasteiger charge is -2.20. The second kappa shape index (κ2) is 7.67. The van der Waals surface area contributed by atoms with Crippen molar-refractivity contribution in [3.8, 4) is 0 Å². The summed E-state index contributed by atoms with van der Waals surface area (Å²) in [4.78, 5) is 0. The first-order valence-corrected chi connectivity index (χ1v) is 3.21. The van der Waals surface area contributed by atoms with Gasteiger partial charge in [-0.3, -0.25) is 0 Å². The molecule has 3 nitrogen and oxygen atoms in total. The van der Waals surface area contributed by atoms with Gasteiger partial charge in [0.25, 0.3) is 0 Å². The minimum absolute atomic E-state index is 0. The molecule has 1 atom stereocenters. The predicted octanol–water partition coefficient (Wildman–Crippen LogP) is 1.01. The second-order valence-corrected chi connectivity index (χ2v) is 2.13. The van der Waals surface area contributed by atoms with Crippen LogP contribution in [0.4, 0.5) is 8.78 Å². The summed E-state index contributed by atoms with van der Waals surface area (Å²) in [5.41, 5.74) is 5.31. The van der Waals surface area contributed by atoms with Gasteiger partial charge in [-0.2, -0.15) is 0 Å². The average Bonchev–Trinajstić information content (AvgIpc) is 1.88. The lowest BCUT2D eigenvalue weighted by Crippen LogP contribution is -2.38. The van der Waals surface area contributed by atoms with Crippen molar-refractivity contribution in [2.45, 2.75) is 25.2 Å². The highest BCUT2D eigenvalue weighted by molar-refractivity contribution is 5.85. The fourth-order valence-electron chi connectivity index (χ4n) is 0.763. The van der Waals surface area contributed by atoms with Crippen molar-refractivity contribution < 1.29 is 18.3 Å². The van der Waals surface area contributed by atoms with E-state index in [1.54, 1.807) is 0 Å². The van der Waals surface area contributed by atoms with Crippen LogP contribution in [-0.4, -0.2) is 33.0 Å². The zero-order chi connectivity index (χ0) is 8.85. The monoisotopic (exact) mass is 205 g/mol. The molecule has 0 aromatic heterocycles. The maximum Gasteiger partial charge on any atom is 0.240 e. The van der Waals surface area contributed by atoms with Gasteiger partial charge in [0.15, 0.2) is 6.29 Å². The van der Waals surface area contributed by atoms with E-state index < -0.39 is 25.2 Å². The first-order chi connectivity index (χ1) is 5.11. The highest BCUT2D eigenvalue weighted by Gasteiger charge is 2.20. The molecule has 0 rings (SSSR count). The van der Waals surface area contributed by atoms with Crippen LogP contribution in [-0.2, 0) is 9.47 Å². The van der Waals surface area contributed by atoms with Crippen molar-refractivity contribution in [1.29, 1.82) is 0 Å². The summed E-state index contributed by atoms with van der Waals surface area (Å²) in [6.07, 6.45) is -3.58. The van der Waals surface area contributed by atoms with Crippen LogP contribution in [0.25, 0.3) is 0 Å². The Labute approximate surface area is 76.6 Å². The largest absolute Gasteiger partial charge is 0.354 e. The number of hydrogen-bond acceptors (Lipinski definition) is 3. The van der Waals surface area contributed by atoms with E-state index in [4.69, 9.17) is 5.73 Å². The van der Waals surface area contributed by atoms with E-state index in [0.717, 1.165) is 0 Å². The SMILES string of the molecule is COC(OC)C(N)CC(F)F.Cl. The predicted molar refractivity (Wildman–Crippen MR) is 43.7 cm³/mol. The molecule has 0 saturated heterocycles. The minimum Gasteiger partial charge on any atom is -0.354 e. The molecule has 0 aliphatic rings. The highest BCUT2D eigenvalue weighted by atomic mass is 35.5. The molecule has 0 aromatic rings. The lowest BCUT2D eigenvalue weighted by molar-refractivity contribution is -0.123. The van der Waals surface area contributed by atoms with E-state index in [9.17, 15) is 8.78 Å². The zero-order valence-electron chi connectivity index (χ0n) is 7.00. The smallest absolute Gasteiger partial charge is 0.240 e. The van der Waals surface area contributed by atoms with Crippen LogP contribution in [0.3, 0.4) is 0 Å². The molecule has 0 amide bonds. The number of hydrogen-bond donors (Lipinski definition) is 1. The fraction of sp³-hybridized carbons (Fsp3) is 1.00. The Hall–Kier alpha value is 0.0300. The summed E-state index contributed by atoms with van der Waals surface area (Å²) in [7, 11) is 2.72. The Morgan fingerprint density at radius 3 is 1.92 bits per heavy atom. The van der Waals surface area contributed by atoms with Gasteiger partial charge < -0.3 is 15.2 Å². The van der Waals surface area contributed by atoms with Crippen molar-refractivity contribution in [3.05, 3.63) is 0 Å². The third-order valence-corrected chi connectivity index (χ3v) is 1.26. The summed E-state index contributed by atoms with van der Waals surface area (Å²) in [5.74, 6) is 0. The molecule has 0 spiro atoms. The van der Waals surface area contributed by atoms with Gasteiger partial charge in [-0.15, -0.1) is 12.4 Å². The average molecular weight is 206 g/mol. The summed E-state index contributed by atoms with van der Waals surface area (Å²) in [6, 6.07) is -0.773. The lowest BCUT2D eigenvalue weighted by atomic mass is 10.2. The number of ether oxygens (including phenoxy) is 2. The molecule has 0 aliphatic carbocycles. The van der Waals surface area contributed by atoms with E-state index in [0.29, 0.717) is 0 Å². The molecule has 0 aliphatic heterocycles. The van der Waals surface area contributed by atoms with Crippen molar-refractivity contribution in [3.63, 3.8) is 0 Å². The van der Waals surface area contributed by atoms with Crippen LogP contribution >= 0.6 is 12.4 Å². The summed E-state index contributed by atoms with van der Waals surface area (Å²) in [5, 5.41) is 0. The van der Waals surface area contributed by atoms with Gasteiger partial charge in [0, 0.05) is 20.6 Å². The number of alkyl halides is 2. The van der Waals surface area contributed by atoms with E-state index in [-0.39, 0.29) is 12.4 Å². The molecule has 0 heterocycles. The molecule has 0 bridgehead atoms. The molecule has 76 valence electrons. The fourth-order valence-corrected chi connectivity index (χ4v) is 0.763. The van der Waals surface area contributed by atoms with Crippen LogP contribution in [0.5, 0.6) is 0 Å². The Morgan fingerprint density at radius 1 is 1.25 bits per heavy atom. The third-order valence-electron chi connectivity index (χ3n) is 1.26. The van der Waals surface area contributed by atoms with Crippen molar-refractivity contribution in [2.24, 2.45) is 5.73 Å². The van der Waals surface area contributed by atoms with Crippen LogP contribution in [0, 0.1) is 0 Å². The van der Waals surface area contributed by atoms with Crippen molar-refractivity contribution in [1.82, 2.24) is 0 Å². The maximum atomic E-state index is 11.7. The van der Waals surface area contributed by atoms with E-state index in [1.165, 1.54) is 14.2 Å². The minimum atomic E-state index is -2.42. The van der Waals surface area contributed by atoms with Gasteiger partial charge in [0.2, 0.25) is 6.43 Å². The third kappa shape index (κ3) is 5.65. The van der Waals surface area contributed by atoms with Gasteiger partial charge in [-0.1, -0.05) is 0 Å². The van der Waals surface area contributed by atoms with Gasteiger partial charge >= 0.3 is 0 Å². The number of rotatable bonds is 5. The number of nitrogens with two attached hydrogens (primary N) is 1. The Kier molecular flexibility index (Phi) is 9.30. The van der Waals surface area contributed by atoms with Crippen LogP contribution in [0.2, 0.25) is 0 Å². The Balaban J connectivity index is 0. The van der Waals surface area contributed by atoms with E-state index in [2.05, 4.69) is 9.47 Å². The summed E-state index contributed by atoms with van der Waals surface area (Å²) < 4.78 is 32.8. The van der Waals surface area contributed by atoms with Gasteiger partial charge in [0.05, 0.1) is 6.04 Å². The number of methoxy groups -OCH3 is 2. The molecule has 0 radical (unpaired) electrons. The molecule has 2 N–H and O–H groups in total. The molecule has 12 heavy (non-hydrogen) atoms. The van der Waals surface area contributed by atoms with Crippen molar-refractivity contribution >= 4 is 12.4 Å². The normalized spacial score (nSPS) is 13.2. The topological polar surface area (TPSA) is 44.5 Å². The maximum absolute atomic E-state index is 11.7. The summed E-state index contributed by atoms with van der Waals surface area (Å²) >= 11 is 0. The molecular weight excluding hydrogens is 192 g/mol. The van der Waals surface area contributed by atoms with Gasteiger partial charge in [0.1, 0.15) is 0 Å². The van der Waals surface area contributed by atoms with Crippen molar-refractivity contribution in [2.75, 3.05) is 14.2 Å². The van der Waals surface area contributed by atoms with Gasteiger partial charge in [-0.05, 0) is 0 Å². The Morgan fingerprint density at radius 2 is 1.67 bits per heavy atom. The second-order valence-electron chi connectivity index (χ2n) is 2.13. The molecule has 0 fully saturated rings. The van der Waals surface area contributed by atoms with E-state index in [1.807, 2.05) is 0 Å². The molecule has 0 aromatic carbocycles.